The first-order chi connectivity index (χ1) is 36.4. The van der Waals surface area contributed by atoms with Gasteiger partial charge in [0.05, 0.1) is 48.4 Å². The van der Waals surface area contributed by atoms with E-state index in [1.54, 1.807) is 35.1 Å². The fourth-order valence-electron chi connectivity index (χ4n) is 9.21. The number of hydrogen-bond acceptors (Lipinski definition) is 15. The molecule has 4 aliphatic rings. The molecule has 26 heteroatoms. The number of H-pyrrole nitrogens is 1. The number of benzene rings is 1. The van der Waals surface area contributed by atoms with E-state index >= 15 is 0 Å². The quantitative estimate of drug-likeness (QED) is 0.161. The third-order valence-electron chi connectivity index (χ3n) is 12.9. The molecule has 22 nitrogen and oxygen atoms in total. The van der Waals surface area contributed by atoms with Crippen LogP contribution in [0.3, 0.4) is 0 Å². The Kier molecular flexibility index (Phi) is 16.7. The Morgan fingerprint density at radius 3 is 1.73 bits per heavy atom. The van der Waals surface area contributed by atoms with Crippen LogP contribution in [0.2, 0.25) is 5.02 Å². The average Bonchev–Trinajstić information content (AvgIpc) is 4.15. The zero-order valence-corrected chi connectivity index (χ0v) is 45.3. The Hall–Kier alpha value is -6.99. The summed E-state index contributed by atoms with van der Waals surface area (Å²) in [5.41, 5.74) is 1.29. The Bertz CT molecular complexity index is 3210. The molecule has 2 fully saturated rings. The summed E-state index contributed by atoms with van der Waals surface area (Å²) in [5, 5.41) is 11.3. The number of carbonyl (C=O) groups excluding carboxylic acids is 3. The Labute approximate surface area is 446 Å². The standard InChI is InChI=1S/C30H35ClF3N7O5.C21H30N6O4/c1-5-22-24(38-10-12-39(13-11-38)28(44)46-29(2,3)4)26(43)41-27(36-25(37-41)18-8-14-45-15-9-18)40(22)17-23(42)35-21-7-6-19(16-20(21)31)30(32,33)34;1-5-15-16(25-8-10-26(11-9-25)20(29)31-21(2,3)4)18(28)27-19(22-15)23-17(24-27)14-6-12-30-13-7-14/h6-8,16H,5,9-15,17H2,1-4H3,(H,35,42);6H,5,7-13H2,1-4H3,(H,22,23,24). The second kappa shape index (κ2) is 22.9. The fourth-order valence-corrected chi connectivity index (χ4v) is 9.43. The second-order valence-corrected chi connectivity index (χ2v) is 21.1. The minimum absolute atomic E-state index is 0.00258. The molecular weight excluding hydrogens is 1030 g/mol. The minimum atomic E-state index is -4.59. The van der Waals surface area contributed by atoms with Crippen molar-refractivity contribution in [1.82, 2.24) is 48.5 Å². The summed E-state index contributed by atoms with van der Waals surface area (Å²) in [6, 6.07) is 2.67. The predicted octanol–water partition coefficient (Wildman–Crippen LogP) is 6.47. The molecule has 4 aliphatic heterocycles. The van der Waals surface area contributed by atoms with Gasteiger partial charge in [0.1, 0.15) is 29.1 Å². The Morgan fingerprint density at radius 2 is 1.25 bits per heavy atom. The highest BCUT2D eigenvalue weighted by Crippen LogP contribution is 2.34. The highest BCUT2D eigenvalue weighted by Gasteiger charge is 2.34. The van der Waals surface area contributed by atoms with Crippen molar-refractivity contribution in [2.24, 2.45) is 0 Å². The van der Waals surface area contributed by atoms with Crippen LogP contribution in [-0.4, -0.2) is 157 Å². The number of alkyl halides is 3. The summed E-state index contributed by atoms with van der Waals surface area (Å²) >= 11 is 6.09. The minimum Gasteiger partial charge on any atom is -0.444 e. The molecule has 0 atom stereocenters. The number of piperazine rings is 2. The number of ether oxygens (including phenoxy) is 4. The van der Waals surface area contributed by atoms with Gasteiger partial charge in [-0.15, -0.1) is 10.2 Å². The molecule has 8 heterocycles. The van der Waals surface area contributed by atoms with Crippen LogP contribution < -0.4 is 26.2 Å². The maximum absolute atomic E-state index is 14.0. The van der Waals surface area contributed by atoms with Crippen LogP contribution in [-0.2, 0) is 49.3 Å². The van der Waals surface area contributed by atoms with E-state index in [1.807, 2.05) is 56.6 Å². The lowest BCUT2D eigenvalue weighted by molar-refractivity contribution is -0.137. The number of hydrogen-bond donors (Lipinski definition) is 2. The van der Waals surface area contributed by atoms with Crippen LogP contribution >= 0.6 is 11.6 Å². The van der Waals surface area contributed by atoms with Crippen LogP contribution in [0.15, 0.2) is 39.9 Å². The van der Waals surface area contributed by atoms with E-state index in [9.17, 15) is 37.1 Å². The number of rotatable bonds is 9. The molecule has 2 N–H and O–H groups in total. The molecular formula is C51H65ClF3N13O9. The lowest BCUT2D eigenvalue weighted by Crippen LogP contribution is -2.51. The van der Waals surface area contributed by atoms with Crippen LogP contribution in [0.5, 0.6) is 0 Å². The molecule has 9 rings (SSSR count). The van der Waals surface area contributed by atoms with Gasteiger partial charge in [-0.3, -0.25) is 14.4 Å². The van der Waals surface area contributed by atoms with Crippen molar-refractivity contribution >= 4 is 69.5 Å². The molecule has 0 radical (unpaired) electrons. The van der Waals surface area contributed by atoms with Crippen molar-refractivity contribution in [1.29, 1.82) is 0 Å². The summed E-state index contributed by atoms with van der Waals surface area (Å²) < 4.78 is 65.2. The number of aromatic amines is 1. The summed E-state index contributed by atoms with van der Waals surface area (Å²) in [7, 11) is 0. The van der Waals surface area contributed by atoms with Gasteiger partial charge in [-0.05, 0) is 96.6 Å². The van der Waals surface area contributed by atoms with Crippen molar-refractivity contribution in [3.8, 4) is 0 Å². The second-order valence-electron chi connectivity index (χ2n) is 20.7. The summed E-state index contributed by atoms with van der Waals surface area (Å²) in [4.78, 5) is 85.4. The van der Waals surface area contributed by atoms with Gasteiger partial charge in [0.25, 0.3) is 11.1 Å². The Morgan fingerprint density at radius 1 is 0.727 bits per heavy atom. The van der Waals surface area contributed by atoms with E-state index in [2.05, 4.69) is 30.5 Å². The van der Waals surface area contributed by atoms with Gasteiger partial charge in [0, 0.05) is 58.1 Å². The molecule has 0 bridgehead atoms. The summed E-state index contributed by atoms with van der Waals surface area (Å²) in [6.45, 7) is 19.8. The van der Waals surface area contributed by atoms with Crippen molar-refractivity contribution in [3.63, 3.8) is 0 Å². The molecule has 77 heavy (non-hydrogen) atoms. The van der Waals surface area contributed by atoms with E-state index < -0.39 is 40.5 Å². The molecule has 416 valence electrons. The fraction of sp³-hybridized carbons (Fsp3) is 0.549. The zero-order valence-electron chi connectivity index (χ0n) is 44.5. The first-order valence-corrected chi connectivity index (χ1v) is 26.0. The highest BCUT2D eigenvalue weighted by atomic mass is 35.5. The molecule has 3 amide bonds. The van der Waals surface area contributed by atoms with E-state index in [4.69, 9.17) is 30.5 Å². The van der Waals surface area contributed by atoms with Crippen LogP contribution in [0, 0.1) is 0 Å². The van der Waals surface area contributed by atoms with Crippen molar-refractivity contribution < 1.29 is 46.5 Å². The van der Waals surface area contributed by atoms with Gasteiger partial charge in [0.15, 0.2) is 11.6 Å². The molecule has 2 saturated heterocycles. The van der Waals surface area contributed by atoms with Crippen molar-refractivity contribution in [2.75, 3.05) is 93.9 Å². The zero-order chi connectivity index (χ0) is 55.6. The average molecular weight is 1100 g/mol. The van der Waals surface area contributed by atoms with E-state index in [0.717, 1.165) is 41.5 Å². The lowest BCUT2D eigenvalue weighted by atomic mass is 10.1. The van der Waals surface area contributed by atoms with E-state index in [1.165, 1.54) is 9.03 Å². The normalized spacial score (nSPS) is 16.7. The molecule has 5 aromatic rings. The van der Waals surface area contributed by atoms with E-state index in [0.29, 0.717) is 133 Å². The molecule has 4 aromatic heterocycles. The van der Waals surface area contributed by atoms with Gasteiger partial charge < -0.3 is 53.4 Å². The largest absolute Gasteiger partial charge is 0.444 e. The predicted molar refractivity (Wildman–Crippen MR) is 282 cm³/mol. The smallest absolute Gasteiger partial charge is 0.416 e. The topological polar surface area (TPSA) is 228 Å². The van der Waals surface area contributed by atoms with Gasteiger partial charge in [0.2, 0.25) is 17.5 Å². The number of nitrogens with one attached hydrogen (secondary N) is 2. The SMILES string of the molecule is CCc1[nH]c2nc(C3=CCOCC3)nn2c(=O)c1N1CCN(C(=O)OC(C)(C)C)CC1.CCc1c(N2CCN(C(=O)OC(C)(C)C)CC2)c(=O)n2nc(C3=CCOCC3)nc2n1CC(=O)Nc1ccc(C(F)(F)F)cc1Cl. The number of nitrogens with zero attached hydrogens (tertiary/aromatic N) is 11. The summed E-state index contributed by atoms with van der Waals surface area (Å²) in [6.07, 6.45) is 0.696. The maximum atomic E-state index is 14.0. The maximum Gasteiger partial charge on any atom is 0.416 e. The first kappa shape index (κ1) is 56.2. The molecule has 0 spiro atoms. The highest BCUT2D eigenvalue weighted by molar-refractivity contribution is 6.33. The molecule has 0 saturated carbocycles. The third-order valence-corrected chi connectivity index (χ3v) is 13.2. The summed E-state index contributed by atoms with van der Waals surface area (Å²) in [5.74, 6) is 0.867. The van der Waals surface area contributed by atoms with E-state index in [-0.39, 0.29) is 34.7 Å². The van der Waals surface area contributed by atoms with Crippen LogP contribution in [0.4, 0.5) is 39.8 Å². The molecule has 1 aromatic carbocycles. The number of aromatic nitrogens is 8. The number of aryl methyl sites for hydroxylation is 1. The number of carbonyl (C=O) groups is 3. The molecule has 0 unspecified atom stereocenters. The number of fused-ring (bicyclic) bond motifs is 2. The number of amides is 3. The number of anilines is 3. The van der Waals surface area contributed by atoms with Gasteiger partial charge in [-0.2, -0.15) is 32.2 Å². The van der Waals surface area contributed by atoms with Crippen molar-refractivity contribution in [3.05, 3.63) is 84.7 Å². The van der Waals surface area contributed by atoms with Crippen LogP contribution in [0.1, 0.15) is 96.8 Å². The Balaban J connectivity index is 0.000000220. The third kappa shape index (κ3) is 13.1. The molecule has 0 aliphatic carbocycles. The van der Waals surface area contributed by atoms with Gasteiger partial charge in [-0.1, -0.05) is 37.6 Å². The lowest BCUT2D eigenvalue weighted by Gasteiger charge is -2.37. The first-order valence-electron chi connectivity index (χ1n) is 25.6. The monoisotopic (exact) mass is 1100 g/mol. The van der Waals surface area contributed by atoms with Gasteiger partial charge in [-0.25, -0.2) is 9.59 Å². The number of halogens is 4. The van der Waals surface area contributed by atoms with Crippen LogP contribution in [0.25, 0.3) is 22.7 Å². The van der Waals surface area contributed by atoms with Gasteiger partial charge >= 0.3 is 18.4 Å². The van der Waals surface area contributed by atoms with Crippen molar-refractivity contribution in [2.45, 2.75) is 105 Å².